The van der Waals surface area contributed by atoms with Crippen molar-refractivity contribution < 1.29 is 0 Å². The van der Waals surface area contributed by atoms with Crippen molar-refractivity contribution in [3.63, 3.8) is 0 Å². The molecular weight excluding hydrogens is 346 g/mol. The van der Waals surface area contributed by atoms with Crippen LogP contribution >= 0.6 is 10.9 Å². The molecule has 1 aliphatic heterocycles. The van der Waals surface area contributed by atoms with Crippen LogP contribution in [0.1, 0.15) is 30.4 Å². The second-order valence-electron chi connectivity index (χ2n) is 7.57. The number of thiol groups is 1. The van der Waals surface area contributed by atoms with Crippen LogP contribution in [0.5, 0.6) is 0 Å². The van der Waals surface area contributed by atoms with Gasteiger partial charge in [0.25, 0.3) is 0 Å². The monoisotopic (exact) mass is 375 g/mol. The van der Waals surface area contributed by atoms with E-state index in [1.807, 2.05) is 0 Å². The van der Waals surface area contributed by atoms with E-state index in [0.717, 1.165) is 0 Å². The van der Waals surface area contributed by atoms with Crippen molar-refractivity contribution in [1.82, 2.24) is 0 Å². The number of nitrogens with zero attached hydrogens (tertiary/aromatic N) is 1. The molecular formula is C25H29NS. The lowest BCUT2D eigenvalue weighted by molar-refractivity contribution is 0.758. The lowest BCUT2D eigenvalue weighted by Gasteiger charge is -2.28. The van der Waals surface area contributed by atoms with Crippen LogP contribution in [0, 0.1) is 13.8 Å². The summed E-state index contributed by atoms with van der Waals surface area (Å²) < 4.78 is 0. The van der Waals surface area contributed by atoms with Crippen LogP contribution in [0.25, 0.3) is 0 Å². The number of aryl methyl sites for hydroxylation is 2. The Morgan fingerprint density at radius 2 is 0.963 bits per heavy atom. The van der Waals surface area contributed by atoms with Crippen LogP contribution < -0.4 is 4.90 Å². The summed E-state index contributed by atoms with van der Waals surface area (Å²) in [6.45, 7) is 4.28. The molecule has 1 aliphatic rings. The van der Waals surface area contributed by atoms with E-state index in [2.05, 4.69) is 91.5 Å². The van der Waals surface area contributed by atoms with Crippen LogP contribution in [0.15, 0.2) is 77.7 Å². The molecule has 0 aromatic heterocycles. The zero-order valence-electron chi connectivity index (χ0n) is 16.4. The largest absolute Gasteiger partial charge is 0.311 e. The number of anilines is 3. The molecule has 4 rings (SSSR count). The predicted molar refractivity (Wildman–Crippen MR) is 121 cm³/mol. The quantitative estimate of drug-likeness (QED) is 0.468. The molecule has 0 aliphatic carbocycles. The van der Waals surface area contributed by atoms with Gasteiger partial charge in [-0.1, -0.05) is 41.8 Å². The van der Waals surface area contributed by atoms with Gasteiger partial charge >= 0.3 is 0 Å². The van der Waals surface area contributed by atoms with E-state index in [1.165, 1.54) is 59.0 Å². The molecule has 0 radical (unpaired) electrons. The molecule has 1 heterocycles. The van der Waals surface area contributed by atoms with E-state index >= 15 is 0 Å². The fraction of sp³-hybridized carbons (Fsp3) is 0.280. The third-order valence-electron chi connectivity index (χ3n) is 5.41. The molecule has 1 nitrogen and oxygen atoms in total. The van der Waals surface area contributed by atoms with Gasteiger partial charge < -0.3 is 4.90 Å². The molecule has 2 heteroatoms. The zero-order chi connectivity index (χ0) is 18.6. The first-order chi connectivity index (χ1) is 13.2. The molecule has 0 atom stereocenters. The van der Waals surface area contributed by atoms with Crippen molar-refractivity contribution >= 4 is 28.0 Å². The SMILES string of the molecule is Cc1ccc(N(c2ccc(C)cc2)c2ccc([SH]3CCCCC3)cc2)cc1. The highest BCUT2D eigenvalue weighted by atomic mass is 32.2. The second kappa shape index (κ2) is 8.22. The van der Waals surface area contributed by atoms with Crippen LogP contribution in [-0.4, -0.2) is 11.5 Å². The summed E-state index contributed by atoms with van der Waals surface area (Å²) in [5.74, 6) is 2.82. The summed E-state index contributed by atoms with van der Waals surface area (Å²) >= 11 is 0. The maximum absolute atomic E-state index is 2.38. The van der Waals surface area contributed by atoms with Gasteiger partial charge in [-0.25, -0.2) is 10.9 Å². The molecule has 0 bridgehead atoms. The molecule has 0 amide bonds. The Morgan fingerprint density at radius 3 is 1.41 bits per heavy atom. The van der Waals surface area contributed by atoms with Gasteiger partial charge in [-0.3, -0.25) is 0 Å². The van der Waals surface area contributed by atoms with Crippen LogP contribution in [0.4, 0.5) is 17.1 Å². The van der Waals surface area contributed by atoms with Crippen LogP contribution in [-0.2, 0) is 0 Å². The van der Waals surface area contributed by atoms with E-state index < -0.39 is 0 Å². The summed E-state index contributed by atoms with van der Waals surface area (Å²) in [5.41, 5.74) is 6.23. The van der Waals surface area contributed by atoms with Crippen molar-refractivity contribution in [2.75, 3.05) is 16.4 Å². The standard InChI is InChI=1S/C25H29NS/c1-20-6-10-22(11-7-20)26(23-12-8-21(2)9-13-23)24-14-16-25(17-15-24)27-18-4-3-5-19-27/h6-17,27H,3-5,18-19H2,1-2H3. The first kappa shape index (κ1) is 18.2. The fourth-order valence-electron chi connectivity index (χ4n) is 3.80. The van der Waals surface area contributed by atoms with Gasteiger partial charge in [0.1, 0.15) is 0 Å². The summed E-state index contributed by atoms with van der Waals surface area (Å²) in [4.78, 5) is 3.93. The Morgan fingerprint density at radius 1 is 0.556 bits per heavy atom. The summed E-state index contributed by atoms with van der Waals surface area (Å²) in [7, 11) is 0.0658. The van der Waals surface area contributed by atoms with Crippen molar-refractivity contribution in [2.24, 2.45) is 0 Å². The Hall–Kier alpha value is -2.19. The number of hydrogen-bond donors (Lipinski definition) is 1. The van der Waals surface area contributed by atoms with Crippen LogP contribution in [0.3, 0.4) is 0 Å². The number of hydrogen-bond acceptors (Lipinski definition) is 1. The molecule has 3 aromatic carbocycles. The third kappa shape index (κ3) is 4.22. The minimum absolute atomic E-state index is 0.0658. The van der Waals surface area contributed by atoms with E-state index in [1.54, 1.807) is 4.90 Å². The minimum Gasteiger partial charge on any atom is -0.311 e. The molecule has 0 spiro atoms. The van der Waals surface area contributed by atoms with Gasteiger partial charge in [-0.2, -0.15) is 0 Å². The van der Waals surface area contributed by atoms with Gasteiger partial charge in [-0.15, -0.1) is 0 Å². The number of rotatable bonds is 4. The zero-order valence-corrected chi connectivity index (χ0v) is 17.3. The Balaban J connectivity index is 1.69. The van der Waals surface area contributed by atoms with E-state index in [4.69, 9.17) is 0 Å². The predicted octanol–water partition coefficient (Wildman–Crippen LogP) is 7.32. The minimum atomic E-state index is 0.0658. The number of benzene rings is 3. The normalized spacial score (nSPS) is 15.6. The average molecular weight is 376 g/mol. The molecule has 0 unspecified atom stereocenters. The maximum atomic E-state index is 2.38. The molecule has 1 fully saturated rings. The lowest BCUT2D eigenvalue weighted by Crippen LogP contribution is -2.10. The van der Waals surface area contributed by atoms with Crippen molar-refractivity contribution in [1.29, 1.82) is 0 Å². The highest BCUT2D eigenvalue weighted by Gasteiger charge is 2.15. The van der Waals surface area contributed by atoms with Crippen molar-refractivity contribution in [2.45, 2.75) is 38.0 Å². The van der Waals surface area contributed by atoms with Gasteiger partial charge in [0, 0.05) is 17.1 Å². The summed E-state index contributed by atoms with van der Waals surface area (Å²) in [6, 6.07) is 27.0. The van der Waals surface area contributed by atoms with Crippen molar-refractivity contribution in [3.8, 4) is 0 Å². The highest BCUT2D eigenvalue weighted by molar-refractivity contribution is 8.17. The second-order valence-corrected chi connectivity index (χ2v) is 10.1. The van der Waals surface area contributed by atoms with E-state index in [0.29, 0.717) is 0 Å². The smallest absolute Gasteiger partial charge is 0.0462 e. The lowest BCUT2D eigenvalue weighted by atomic mass is 10.1. The van der Waals surface area contributed by atoms with E-state index in [9.17, 15) is 0 Å². The average Bonchev–Trinajstić information content (AvgIpc) is 2.72. The van der Waals surface area contributed by atoms with Gasteiger partial charge in [0.05, 0.1) is 0 Å². The first-order valence-corrected chi connectivity index (χ1v) is 11.7. The van der Waals surface area contributed by atoms with Crippen LogP contribution in [0.2, 0.25) is 0 Å². The summed E-state index contributed by atoms with van der Waals surface area (Å²) in [5, 5.41) is 0. The van der Waals surface area contributed by atoms with Crippen molar-refractivity contribution in [3.05, 3.63) is 83.9 Å². The molecule has 0 saturated carbocycles. The van der Waals surface area contributed by atoms with Gasteiger partial charge in [-0.05, 0) is 91.6 Å². The third-order valence-corrected chi connectivity index (χ3v) is 8.15. The molecule has 3 aromatic rings. The Bertz CT molecular complexity index is 814. The maximum Gasteiger partial charge on any atom is 0.0462 e. The first-order valence-electron chi connectivity index (χ1n) is 9.99. The van der Waals surface area contributed by atoms with Gasteiger partial charge in [0.2, 0.25) is 0 Å². The molecule has 1 saturated heterocycles. The molecule has 27 heavy (non-hydrogen) atoms. The molecule has 140 valence electrons. The fourth-order valence-corrected chi connectivity index (χ4v) is 6.32. The van der Waals surface area contributed by atoms with Gasteiger partial charge in [0.15, 0.2) is 0 Å². The highest BCUT2D eigenvalue weighted by Crippen LogP contribution is 2.43. The molecule has 0 N–H and O–H groups in total. The summed E-state index contributed by atoms with van der Waals surface area (Å²) in [6.07, 6.45) is 4.24. The Kier molecular flexibility index (Phi) is 5.54. The topological polar surface area (TPSA) is 3.24 Å². The Labute approximate surface area is 166 Å². The van der Waals surface area contributed by atoms with E-state index in [-0.39, 0.29) is 10.9 Å².